The third kappa shape index (κ3) is 5.05. The van der Waals surface area contributed by atoms with Crippen molar-refractivity contribution >= 4 is 53.1 Å². The van der Waals surface area contributed by atoms with Crippen LogP contribution in [0.4, 0.5) is 0 Å². The predicted octanol–water partition coefficient (Wildman–Crippen LogP) is 14.7. The fraction of sp³-hybridized carbons (Fsp3) is 0. The van der Waals surface area contributed by atoms with Crippen molar-refractivity contribution in [3.8, 4) is 55.6 Å². The summed E-state index contributed by atoms with van der Waals surface area (Å²) < 4.78 is 2.63. The molecular formula is C50H32S. The lowest BCUT2D eigenvalue weighted by Crippen LogP contribution is -1.93. The summed E-state index contributed by atoms with van der Waals surface area (Å²) in [5, 5.41) is 7.68. The van der Waals surface area contributed by atoms with Crippen molar-refractivity contribution in [2.24, 2.45) is 0 Å². The maximum absolute atomic E-state index is 2.44. The second-order valence-electron chi connectivity index (χ2n) is 13.2. The summed E-state index contributed by atoms with van der Waals surface area (Å²) in [4.78, 5) is 0. The highest BCUT2D eigenvalue weighted by atomic mass is 32.1. The summed E-state index contributed by atoms with van der Waals surface area (Å²) in [6.07, 6.45) is 0. The zero-order valence-corrected chi connectivity index (χ0v) is 28.7. The minimum absolute atomic E-state index is 1.21. The van der Waals surface area contributed by atoms with Crippen LogP contribution in [0.3, 0.4) is 0 Å². The van der Waals surface area contributed by atoms with E-state index in [1.165, 1.54) is 97.4 Å². The Morgan fingerprint density at radius 3 is 1.16 bits per heavy atom. The fourth-order valence-electron chi connectivity index (χ4n) is 7.94. The molecule has 10 rings (SSSR count). The highest BCUT2D eigenvalue weighted by Crippen LogP contribution is 2.49. The van der Waals surface area contributed by atoms with E-state index >= 15 is 0 Å². The van der Waals surface area contributed by atoms with Gasteiger partial charge in [0.25, 0.3) is 0 Å². The van der Waals surface area contributed by atoms with E-state index in [0.29, 0.717) is 0 Å². The lowest BCUT2D eigenvalue weighted by atomic mass is 9.83. The highest BCUT2D eigenvalue weighted by Gasteiger charge is 2.21. The van der Waals surface area contributed by atoms with Gasteiger partial charge >= 0.3 is 0 Å². The van der Waals surface area contributed by atoms with Crippen LogP contribution < -0.4 is 0 Å². The van der Waals surface area contributed by atoms with Gasteiger partial charge in [-0.05, 0) is 114 Å². The van der Waals surface area contributed by atoms with E-state index in [4.69, 9.17) is 0 Å². The first-order valence-corrected chi connectivity index (χ1v) is 18.3. The molecule has 9 aromatic carbocycles. The van der Waals surface area contributed by atoms with E-state index in [2.05, 4.69) is 194 Å². The molecule has 0 radical (unpaired) electrons. The first-order valence-electron chi connectivity index (χ1n) is 17.5. The molecule has 0 fully saturated rings. The van der Waals surface area contributed by atoms with Gasteiger partial charge in [0.05, 0.1) is 0 Å². The van der Waals surface area contributed by atoms with Crippen molar-refractivity contribution in [3.63, 3.8) is 0 Å². The molecule has 0 aliphatic rings. The maximum Gasteiger partial charge on any atom is 0.0367 e. The average molecular weight is 665 g/mol. The smallest absolute Gasteiger partial charge is 0.0367 e. The van der Waals surface area contributed by atoms with Crippen LogP contribution in [0.1, 0.15) is 0 Å². The zero-order chi connectivity index (χ0) is 33.7. The van der Waals surface area contributed by atoms with Crippen molar-refractivity contribution in [2.75, 3.05) is 0 Å². The molecule has 0 nitrogen and oxygen atoms in total. The van der Waals surface area contributed by atoms with Gasteiger partial charge in [0, 0.05) is 20.2 Å². The van der Waals surface area contributed by atoms with E-state index in [1.807, 2.05) is 11.3 Å². The second-order valence-corrected chi connectivity index (χ2v) is 14.3. The van der Waals surface area contributed by atoms with Gasteiger partial charge in [-0.15, -0.1) is 11.3 Å². The Bertz CT molecular complexity index is 2770. The van der Waals surface area contributed by atoms with Crippen LogP contribution in [0.25, 0.3) is 97.4 Å². The van der Waals surface area contributed by atoms with Crippen molar-refractivity contribution in [2.45, 2.75) is 0 Å². The molecule has 1 heteroatoms. The number of fused-ring (bicyclic) bond motifs is 5. The van der Waals surface area contributed by atoms with E-state index < -0.39 is 0 Å². The fourth-order valence-corrected chi connectivity index (χ4v) is 9.12. The molecule has 0 amide bonds. The van der Waals surface area contributed by atoms with Crippen LogP contribution >= 0.6 is 11.3 Å². The van der Waals surface area contributed by atoms with Crippen molar-refractivity contribution in [1.29, 1.82) is 0 Å². The summed E-state index contributed by atoms with van der Waals surface area (Å²) >= 11 is 1.89. The van der Waals surface area contributed by atoms with Crippen LogP contribution in [0.5, 0.6) is 0 Å². The van der Waals surface area contributed by atoms with Gasteiger partial charge in [-0.3, -0.25) is 0 Å². The molecule has 1 heterocycles. The third-order valence-corrected chi connectivity index (χ3v) is 11.3. The lowest BCUT2D eigenvalue weighted by molar-refractivity contribution is 1.58. The van der Waals surface area contributed by atoms with Gasteiger partial charge < -0.3 is 0 Å². The van der Waals surface area contributed by atoms with Gasteiger partial charge in [0.2, 0.25) is 0 Å². The van der Waals surface area contributed by atoms with Gasteiger partial charge in [0.1, 0.15) is 0 Å². The third-order valence-electron chi connectivity index (χ3n) is 10.2. The Labute approximate surface area is 301 Å². The number of hydrogen-bond donors (Lipinski definition) is 0. The summed E-state index contributed by atoms with van der Waals surface area (Å²) in [7, 11) is 0. The summed E-state index contributed by atoms with van der Waals surface area (Å²) in [5.41, 5.74) is 12.4. The molecule has 0 unspecified atom stereocenters. The van der Waals surface area contributed by atoms with Crippen molar-refractivity contribution < 1.29 is 0 Å². The molecule has 238 valence electrons. The molecule has 0 N–H and O–H groups in total. The predicted molar refractivity (Wildman–Crippen MR) is 222 cm³/mol. The first kappa shape index (κ1) is 29.6. The Hall–Kier alpha value is -6.28. The molecule has 0 aliphatic heterocycles. The van der Waals surface area contributed by atoms with Crippen LogP contribution in [-0.2, 0) is 0 Å². The SMILES string of the molecule is c1ccc(-c2cc(-c3ccccc3)cc(-c3c4ccccc4c(-c4cc(-c5ccccc5)cc5sc6ccccc6c45)c4ccccc34)c2)cc1. The molecule has 51 heavy (non-hydrogen) atoms. The molecule has 10 aromatic rings. The Kier molecular flexibility index (Phi) is 7.11. The first-order chi connectivity index (χ1) is 25.3. The van der Waals surface area contributed by atoms with Gasteiger partial charge in [-0.25, -0.2) is 0 Å². The Morgan fingerprint density at radius 2 is 0.647 bits per heavy atom. The Balaban J connectivity index is 1.33. The number of thiophene rings is 1. The monoisotopic (exact) mass is 664 g/mol. The molecule has 0 saturated carbocycles. The van der Waals surface area contributed by atoms with E-state index in [0.717, 1.165) is 0 Å². The average Bonchev–Trinajstić information content (AvgIpc) is 3.59. The maximum atomic E-state index is 2.44. The largest absolute Gasteiger partial charge is 0.135 e. The topological polar surface area (TPSA) is 0 Å². The molecule has 0 spiro atoms. The molecule has 0 saturated heterocycles. The van der Waals surface area contributed by atoms with E-state index in [-0.39, 0.29) is 0 Å². The molecular weight excluding hydrogens is 633 g/mol. The van der Waals surface area contributed by atoms with Crippen LogP contribution in [0.2, 0.25) is 0 Å². The van der Waals surface area contributed by atoms with Crippen LogP contribution in [-0.4, -0.2) is 0 Å². The molecule has 0 aliphatic carbocycles. The molecule has 1 aromatic heterocycles. The summed E-state index contributed by atoms with van der Waals surface area (Å²) in [6, 6.07) is 71.2. The van der Waals surface area contributed by atoms with Crippen LogP contribution in [0, 0.1) is 0 Å². The minimum atomic E-state index is 1.21. The van der Waals surface area contributed by atoms with Gasteiger partial charge in [-0.1, -0.05) is 158 Å². The number of hydrogen-bond acceptors (Lipinski definition) is 1. The molecule has 0 atom stereocenters. The quantitative estimate of drug-likeness (QED) is 0.161. The summed E-state index contributed by atoms with van der Waals surface area (Å²) in [5.74, 6) is 0. The zero-order valence-electron chi connectivity index (χ0n) is 27.9. The van der Waals surface area contributed by atoms with E-state index in [9.17, 15) is 0 Å². The number of benzene rings is 9. The van der Waals surface area contributed by atoms with E-state index in [1.54, 1.807) is 0 Å². The normalized spacial score (nSPS) is 11.5. The standard InChI is InChI=1S/C50H32S/c1-4-16-33(17-5-1)36-28-37(34-18-6-2-7-19-34)30-39(29-36)48-40-22-10-12-24-42(40)49(43-25-13-11-23-41(43)48)45-31-38(35-20-8-3-9-21-35)32-47-50(45)44-26-14-15-27-46(44)51-47/h1-32H. The summed E-state index contributed by atoms with van der Waals surface area (Å²) in [6.45, 7) is 0. The van der Waals surface area contributed by atoms with Crippen molar-refractivity contribution in [3.05, 3.63) is 194 Å². The Morgan fingerprint density at radius 1 is 0.255 bits per heavy atom. The van der Waals surface area contributed by atoms with Gasteiger partial charge in [-0.2, -0.15) is 0 Å². The molecule has 0 bridgehead atoms. The number of rotatable bonds is 5. The second kappa shape index (κ2) is 12.2. The van der Waals surface area contributed by atoms with Crippen molar-refractivity contribution in [1.82, 2.24) is 0 Å². The van der Waals surface area contributed by atoms with Crippen LogP contribution in [0.15, 0.2) is 194 Å². The minimum Gasteiger partial charge on any atom is -0.135 e. The highest BCUT2D eigenvalue weighted by molar-refractivity contribution is 7.26. The lowest BCUT2D eigenvalue weighted by Gasteiger charge is -2.20. The van der Waals surface area contributed by atoms with Gasteiger partial charge in [0.15, 0.2) is 0 Å².